The summed E-state index contributed by atoms with van der Waals surface area (Å²) in [4.78, 5) is 41.6. The van der Waals surface area contributed by atoms with Gasteiger partial charge in [0.2, 0.25) is 5.88 Å². The number of pyridine rings is 2. The third-order valence-corrected chi connectivity index (χ3v) is 8.66. The van der Waals surface area contributed by atoms with Crippen LogP contribution < -0.4 is 25.4 Å². The van der Waals surface area contributed by atoms with Gasteiger partial charge in [-0.3, -0.25) is 14.6 Å². The van der Waals surface area contributed by atoms with Crippen molar-refractivity contribution in [3.63, 3.8) is 0 Å². The Morgan fingerprint density at radius 1 is 0.959 bits per heavy atom. The summed E-state index contributed by atoms with van der Waals surface area (Å²) in [5, 5.41) is 8.80. The topological polar surface area (TPSA) is 136 Å². The van der Waals surface area contributed by atoms with E-state index in [4.69, 9.17) is 21.1 Å². The number of ether oxygens (including phenoxy) is 2. The Balaban J connectivity index is 1.18. The molecule has 0 radical (unpaired) electrons. The van der Waals surface area contributed by atoms with Gasteiger partial charge in [0.05, 0.1) is 36.3 Å². The van der Waals surface area contributed by atoms with Gasteiger partial charge in [0, 0.05) is 85.7 Å². The van der Waals surface area contributed by atoms with Crippen LogP contribution in [0.25, 0.3) is 11.1 Å². The van der Waals surface area contributed by atoms with Crippen LogP contribution in [-0.4, -0.2) is 64.0 Å². The smallest absolute Gasteiger partial charge is 0.291 e. The molecule has 1 aliphatic rings. The molecule has 2 aromatic carbocycles. The summed E-state index contributed by atoms with van der Waals surface area (Å²) in [7, 11) is 6.83. The summed E-state index contributed by atoms with van der Waals surface area (Å²) >= 11 is 6.74. The van der Waals surface area contributed by atoms with E-state index in [1.807, 2.05) is 7.05 Å². The minimum absolute atomic E-state index is 0.0277. The number of fused-ring (bicyclic) bond motifs is 1. The standard InChI is InChI=1S/C35H34ClFN8O4/c1-44-14-12-28-27(19-44)41-33(45(28)2)35(47)43-25-10-6-8-23(32(25)37)22-7-5-9-24(31(22)36)42-34(46)26-16-29(48-3)20(18-40-26)17-39-21-11-13-38-30(15-21)49-4/h5-11,13,15-16,18H,12,14,17,19H2,1-4H3,(H,38,39)(H,42,46)(H,43,47). The fourth-order valence-electron chi connectivity index (χ4n) is 5.64. The number of rotatable bonds is 10. The first-order chi connectivity index (χ1) is 23.7. The molecule has 0 atom stereocenters. The summed E-state index contributed by atoms with van der Waals surface area (Å²) in [6, 6.07) is 14.6. The van der Waals surface area contributed by atoms with Gasteiger partial charge in [-0.1, -0.05) is 35.9 Å². The SMILES string of the molecule is COc1cc(NCc2cnc(C(=O)Nc3cccc(-c4cccc(NC(=O)c5nc6c(n5C)CCN(C)C6)c4F)c3Cl)cc2OC)ccn1. The first-order valence-corrected chi connectivity index (χ1v) is 15.7. The number of aromatic nitrogens is 4. The Kier molecular flexibility index (Phi) is 9.74. The molecule has 0 bridgehead atoms. The molecule has 1 aliphatic heterocycles. The molecule has 0 saturated carbocycles. The third kappa shape index (κ3) is 7.03. The van der Waals surface area contributed by atoms with E-state index in [-0.39, 0.29) is 33.5 Å². The molecule has 49 heavy (non-hydrogen) atoms. The van der Waals surface area contributed by atoms with Crippen molar-refractivity contribution in [3.05, 3.63) is 106 Å². The van der Waals surface area contributed by atoms with Gasteiger partial charge in [0.1, 0.15) is 11.4 Å². The maximum Gasteiger partial charge on any atom is 0.291 e. The number of halogens is 2. The van der Waals surface area contributed by atoms with Crippen molar-refractivity contribution in [2.75, 3.05) is 43.8 Å². The molecule has 0 unspecified atom stereocenters. The number of carbonyl (C=O) groups is 2. The summed E-state index contributed by atoms with van der Waals surface area (Å²) in [6.45, 7) is 1.87. The van der Waals surface area contributed by atoms with E-state index in [9.17, 15) is 9.59 Å². The lowest BCUT2D eigenvalue weighted by Crippen LogP contribution is -2.27. The average Bonchev–Trinajstić information content (AvgIpc) is 3.44. The lowest BCUT2D eigenvalue weighted by atomic mass is 10.0. The van der Waals surface area contributed by atoms with Crippen molar-refractivity contribution in [2.24, 2.45) is 7.05 Å². The van der Waals surface area contributed by atoms with Crippen LogP contribution in [0.15, 0.2) is 67.0 Å². The highest BCUT2D eigenvalue weighted by molar-refractivity contribution is 6.36. The quantitative estimate of drug-likeness (QED) is 0.167. The number of anilines is 3. The number of amides is 2. The van der Waals surface area contributed by atoms with Crippen molar-refractivity contribution < 1.29 is 23.5 Å². The predicted octanol–water partition coefficient (Wildman–Crippen LogP) is 5.79. The van der Waals surface area contributed by atoms with Gasteiger partial charge >= 0.3 is 0 Å². The molecule has 0 fully saturated rings. The van der Waals surface area contributed by atoms with Crippen molar-refractivity contribution >= 4 is 40.5 Å². The fourth-order valence-corrected chi connectivity index (χ4v) is 5.92. The van der Waals surface area contributed by atoms with Crippen LogP contribution in [0, 0.1) is 5.82 Å². The molecule has 3 N–H and O–H groups in total. The number of likely N-dealkylation sites (N-methyl/N-ethyl adjacent to an activating group) is 1. The van der Waals surface area contributed by atoms with Gasteiger partial charge in [-0.2, -0.15) is 0 Å². The van der Waals surface area contributed by atoms with Gasteiger partial charge in [-0.15, -0.1) is 0 Å². The van der Waals surface area contributed by atoms with Crippen LogP contribution in [0.5, 0.6) is 11.6 Å². The van der Waals surface area contributed by atoms with Gasteiger partial charge in [0.25, 0.3) is 11.8 Å². The Morgan fingerprint density at radius 3 is 2.49 bits per heavy atom. The maximum absolute atomic E-state index is 15.9. The molecule has 3 aromatic heterocycles. The monoisotopic (exact) mass is 684 g/mol. The van der Waals surface area contributed by atoms with Crippen LogP contribution >= 0.6 is 11.6 Å². The molecule has 0 saturated heterocycles. The lowest BCUT2D eigenvalue weighted by Gasteiger charge is -2.21. The number of benzene rings is 2. The Labute approximate surface area is 287 Å². The van der Waals surface area contributed by atoms with Crippen LogP contribution in [0.1, 0.15) is 38.1 Å². The van der Waals surface area contributed by atoms with E-state index in [0.29, 0.717) is 35.8 Å². The molecule has 2 amide bonds. The summed E-state index contributed by atoms with van der Waals surface area (Å²) in [6.07, 6.45) is 3.94. The number of hydrogen-bond acceptors (Lipinski definition) is 9. The molecule has 5 aromatic rings. The van der Waals surface area contributed by atoms with E-state index in [1.165, 1.54) is 19.2 Å². The maximum atomic E-state index is 15.9. The van der Waals surface area contributed by atoms with Crippen molar-refractivity contribution in [1.29, 1.82) is 0 Å². The van der Waals surface area contributed by atoms with E-state index >= 15 is 4.39 Å². The summed E-state index contributed by atoms with van der Waals surface area (Å²) in [5.41, 5.74) is 4.11. The number of nitrogens with one attached hydrogen (secondary N) is 3. The first kappa shape index (κ1) is 33.4. The number of nitrogens with zero attached hydrogens (tertiary/aromatic N) is 5. The van der Waals surface area contributed by atoms with Gasteiger partial charge in [-0.05, 0) is 25.2 Å². The average molecular weight is 685 g/mol. The second-order valence-corrected chi connectivity index (χ2v) is 11.8. The number of hydrogen-bond donors (Lipinski definition) is 3. The lowest BCUT2D eigenvalue weighted by molar-refractivity contribution is 0.100. The molecule has 12 nitrogen and oxygen atoms in total. The minimum Gasteiger partial charge on any atom is -0.496 e. The summed E-state index contributed by atoms with van der Waals surface area (Å²) in [5.74, 6) is -0.616. The third-order valence-electron chi connectivity index (χ3n) is 8.26. The van der Waals surface area contributed by atoms with E-state index in [0.717, 1.165) is 30.0 Å². The van der Waals surface area contributed by atoms with Crippen LogP contribution in [0.4, 0.5) is 21.5 Å². The predicted molar refractivity (Wildman–Crippen MR) is 185 cm³/mol. The minimum atomic E-state index is -0.680. The Hall–Kier alpha value is -5.53. The fraction of sp³-hybridized carbons (Fsp3) is 0.229. The van der Waals surface area contributed by atoms with Crippen molar-refractivity contribution in [1.82, 2.24) is 24.4 Å². The molecule has 14 heteroatoms. The van der Waals surface area contributed by atoms with Gasteiger partial charge < -0.3 is 34.9 Å². The van der Waals surface area contributed by atoms with E-state index in [2.05, 4.69) is 35.8 Å². The zero-order chi connectivity index (χ0) is 34.7. The van der Waals surface area contributed by atoms with Crippen LogP contribution in [0.3, 0.4) is 0 Å². The molecular weight excluding hydrogens is 651 g/mol. The zero-order valence-corrected chi connectivity index (χ0v) is 28.1. The van der Waals surface area contributed by atoms with Crippen molar-refractivity contribution in [2.45, 2.75) is 19.5 Å². The van der Waals surface area contributed by atoms with Crippen LogP contribution in [0.2, 0.25) is 5.02 Å². The molecule has 4 heterocycles. The first-order valence-electron chi connectivity index (χ1n) is 15.4. The second-order valence-electron chi connectivity index (χ2n) is 11.4. The van der Waals surface area contributed by atoms with Crippen molar-refractivity contribution in [3.8, 4) is 22.8 Å². The highest BCUT2D eigenvalue weighted by Crippen LogP contribution is 2.37. The number of methoxy groups -OCH3 is 2. The normalized spacial score (nSPS) is 12.6. The largest absolute Gasteiger partial charge is 0.496 e. The molecular formula is C35H34ClFN8O4. The molecule has 0 aliphatic carbocycles. The van der Waals surface area contributed by atoms with Gasteiger partial charge in [-0.25, -0.2) is 14.4 Å². The highest BCUT2D eigenvalue weighted by Gasteiger charge is 2.25. The van der Waals surface area contributed by atoms with E-state index in [1.54, 1.807) is 73.6 Å². The Morgan fingerprint density at radius 2 is 1.71 bits per heavy atom. The summed E-state index contributed by atoms with van der Waals surface area (Å²) < 4.78 is 28.4. The molecule has 6 rings (SSSR count). The van der Waals surface area contributed by atoms with Gasteiger partial charge in [0.15, 0.2) is 11.6 Å². The second kappa shape index (κ2) is 14.3. The van der Waals surface area contributed by atoms with E-state index < -0.39 is 17.6 Å². The Bertz CT molecular complexity index is 2050. The number of carbonyl (C=O) groups excluding carboxylic acids is 2. The highest BCUT2D eigenvalue weighted by atomic mass is 35.5. The molecule has 0 spiro atoms. The zero-order valence-electron chi connectivity index (χ0n) is 27.3. The number of imidazole rings is 1. The molecule has 252 valence electrons. The van der Waals surface area contributed by atoms with Crippen LogP contribution in [-0.2, 0) is 26.6 Å².